The van der Waals surface area contributed by atoms with Crippen molar-refractivity contribution >= 4 is 28.8 Å². The normalized spacial score (nSPS) is 11.5. The Kier molecular flexibility index (Phi) is 4.31. The summed E-state index contributed by atoms with van der Waals surface area (Å²) in [5, 5.41) is 5.29. The number of aromatic nitrogens is 2. The molecule has 25 heavy (non-hydrogen) atoms. The van der Waals surface area contributed by atoms with Crippen molar-refractivity contribution in [2.24, 2.45) is 0 Å². The topological polar surface area (TPSA) is 89.2 Å². The number of imidazole rings is 1. The number of hydrogen-bond acceptors (Lipinski definition) is 4. The van der Waals surface area contributed by atoms with Crippen LogP contribution in [-0.4, -0.2) is 27.9 Å². The van der Waals surface area contributed by atoms with Gasteiger partial charge >= 0.3 is 0 Å². The summed E-state index contributed by atoms with van der Waals surface area (Å²) in [5.41, 5.74) is 1.47. The Hall–Kier alpha value is -3.09. The van der Waals surface area contributed by atoms with Crippen molar-refractivity contribution < 1.29 is 14.0 Å². The maximum absolute atomic E-state index is 12.2. The summed E-state index contributed by atoms with van der Waals surface area (Å²) in [4.78, 5) is 28.6. The van der Waals surface area contributed by atoms with Gasteiger partial charge in [0, 0.05) is 5.54 Å². The first-order chi connectivity index (χ1) is 11.9. The van der Waals surface area contributed by atoms with Crippen LogP contribution in [0.2, 0.25) is 0 Å². The van der Waals surface area contributed by atoms with Gasteiger partial charge in [-0.1, -0.05) is 12.1 Å². The maximum Gasteiger partial charge on any atom is 0.287 e. The molecule has 2 amide bonds. The van der Waals surface area contributed by atoms with Crippen LogP contribution in [-0.2, 0) is 10.3 Å². The number of hydrogen-bond donors (Lipinski definition) is 2. The molecule has 0 saturated carbocycles. The molecular formula is C18H20N4O3. The number of furan rings is 1. The fourth-order valence-electron chi connectivity index (χ4n) is 2.61. The van der Waals surface area contributed by atoms with E-state index >= 15 is 0 Å². The second-order valence-electron chi connectivity index (χ2n) is 6.64. The minimum atomic E-state index is -0.440. The lowest BCUT2D eigenvalue weighted by Crippen LogP contribution is -2.34. The first-order valence-corrected chi connectivity index (χ1v) is 7.96. The number of rotatable bonds is 4. The zero-order valence-corrected chi connectivity index (χ0v) is 14.4. The van der Waals surface area contributed by atoms with Crippen molar-refractivity contribution in [1.82, 2.24) is 14.9 Å². The maximum atomic E-state index is 12.2. The van der Waals surface area contributed by atoms with Crippen molar-refractivity contribution in [1.29, 1.82) is 0 Å². The lowest BCUT2D eigenvalue weighted by molar-refractivity contribution is -0.115. The number of anilines is 1. The predicted molar refractivity (Wildman–Crippen MR) is 94.4 cm³/mol. The monoisotopic (exact) mass is 340 g/mol. The Morgan fingerprint density at radius 1 is 1.16 bits per heavy atom. The largest absolute Gasteiger partial charge is 0.459 e. The van der Waals surface area contributed by atoms with Crippen LogP contribution >= 0.6 is 0 Å². The average Bonchev–Trinajstić information content (AvgIpc) is 3.18. The number of nitrogens with zero attached hydrogens (tertiary/aromatic N) is 2. The summed E-state index contributed by atoms with van der Waals surface area (Å²) in [6, 6.07) is 10.8. The van der Waals surface area contributed by atoms with Crippen molar-refractivity contribution in [3.8, 4) is 0 Å². The van der Waals surface area contributed by atoms with Crippen LogP contribution in [0.3, 0.4) is 0 Å². The molecule has 0 aliphatic rings. The van der Waals surface area contributed by atoms with Crippen LogP contribution in [0.25, 0.3) is 11.0 Å². The van der Waals surface area contributed by atoms with E-state index in [0.29, 0.717) is 5.95 Å². The first-order valence-electron chi connectivity index (χ1n) is 7.96. The van der Waals surface area contributed by atoms with Gasteiger partial charge < -0.3 is 14.3 Å². The molecule has 0 unspecified atom stereocenters. The van der Waals surface area contributed by atoms with E-state index in [1.54, 1.807) is 6.07 Å². The molecule has 2 heterocycles. The molecule has 7 heteroatoms. The van der Waals surface area contributed by atoms with E-state index in [4.69, 9.17) is 4.42 Å². The fraction of sp³-hybridized carbons (Fsp3) is 0.278. The quantitative estimate of drug-likeness (QED) is 0.764. The third-order valence-corrected chi connectivity index (χ3v) is 3.64. The SMILES string of the molecule is CC(C)(C)n1c(NC(=O)CNC(=O)c2ccco2)nc2ccccc21. The summed E-state index contributed by atoms with van der Waals surface area (Å²) < 4.78 is 6.96. The van der Waals surface area contributed by atoms with Crippen LogP contribution in [0.1, 0.15) is 31.3 Å². The molecule has 0 fully saturated rings. The second-order valence-corrected chi connectivity index (χ2v) is 6.64. The van der Waals surface area contributed by atoms with Gasteiger partial charge in [-0.3, -0.25) is 14.9 Å². The first kappa shape index (κ1) is 16.8. The highest BCUT2D eigenvalue weighted by Gasteiger charge is 2.22. The van der Waals surface area contributed by atoms with Crippen LogP contribution in [0.15, 0.2) is 47.1 Å². The Morgan fingerprint density at radius 3 is 2.60 bits per heavy atom. The second kappa shape index (κ2) is 6.43. The highest BCUT2D eigenvalue weighted by atomic mass is 16.3. The van der Waals surface area contributed by atoms with Crippen LogP contribution in [0.4, 0.5) is 5.95 Å². The van der Waals surface area contributed by atoms with Gasteiger partial charge in [0.2, 0.25) is 11.9 Å². The standard InChI is InChI=1S/C18H20N4O3/c1-18(2,3)22-13-8-5-4-7-12(13)20-17(22)21-15(23)11-19-16(24)14-9-6-10-25-14/h4-10H,11H2,1-3H3,(H,19,24)(H,20,21,23). The van der Waals surface area contributed by atoms with Gasteiger partial charge in [0.1, 0.15) is 0 Å². The molecule has 2 N–H and O–H groups in total. The number of carbonyl (C=O) groups is 2. The van der Waals surface area contributed by atoms with E-state index in [-0.39, 0.29) is 23.8 Å². The van der Waals surface area contributed by atoms with Gasteiger partial charge in [-0.15, -0.1) is 0 Å². The Bertz CT molecular complexity index is 904. The van der Waals surface area contributed by atoms with Gasteiger partial charge in [-0.25, -0.2) is 4.98 Å². The molecule has 130 valence electrons. The molecule has 0 aliphatic carbocycles. The Morgan fingerprint density at radius 2 is 1.92 bits per heavy atom. The summed E-state index contributed by atoms with van der Waals surface area (Å²) >= 11 is 0. The summed E-state index contributed by atoms with van der Waals surface area (Å²) in [6.45, 7) is 5.94. The molecule has 7 nitrogen and oxygen atoms in total. The molecule has 0 atom stereocenters. The molecule has 0 spiro atoms. The fourth-order valence-corrected chi connectivity index (χ4v) is 2.61. The number of fused-ring (bicyclic) bond motifs is 1. The van der Waals surface area contributed by atoms with Gasteiger partial charge in [-0.05, 0) is 45.0 Å². The molecule has 0 aliphatic heterocycles. The van der Waals surface area contributed by atoms with E-state index in [9.17, 15) is 9.59 Å². The highest BCUT2D eigenvalue weighted by molar-refractivity contribution is 5.98. The summed E-state index contributed by atoms with van der Waals surface area (Å²) in [5.74, 6) is -0.189. The molecule has 0 bridgehead atoms. The summed E-state index contributed by atoms with van der Waals surface area (Å²) in [6.07, 6.45) is 1.40. The van der Waals surface area contributed by atoms with Crippen molar-refractivity contribution in [3.63, 3.8) is 0 Å². The van der Waals surface area contributed by atoms with E-state index in [1.165, 1.54) is 12.3 Å². The number of para-hydroxylation sites is 2. The molecule has 3 aromatic rings. The zero-order valence-electron chi connectivity index (χ0n) is 14.4. The highest BCUT2D eigenvalue weighted by Crippen LogP contribution is 2.27. The van der Waals surface area contributed by atoms with Crippen LogP contribution < -0.4 is 10.6 Å². The van der Waals surface area contributed by atoms with Gasteiger partial charge in [0.05, 0.1) is 23.8 Å². The van der Waals surface area contributed by atoms with Gasteiger partial charge in [0.15, 0.2) is 5.76 Å². The minimum Gasteiger partial charge on any atom is -0.459 e. The predicted octanol–water partition coefficient (Wildman–Crippen LogP) is 2.75. The van der Waals surface area contributed by atoms with Crippen LogP contribution in [0.5, 0.6) is 0 Å². The molecule has 1 aromatic carbocycles. The Balaban J connectivity index is 1.76. The van der Waals surface area contributed by atoms with Crippen molar-refractivity contribution in [2.75, 3.05) is 11.9 Å². The average molecular weight is 340 g/mol. The van der Waals surface area contributed by atoms with Gasteiger partial charge in [0.25, 0.3) is 5.91 Å². The lowest BCUT2D eigenvalue weighted by atomic mass is 10.1. The number of carbonyl (C=O) groups excluding carboxylic acids is 2. The third-order valence-electron chi connectivity index (χ3n) is 3.64. The van der Waals surface area contributed by atoms with E-state index in [0.717, 1.165) is 11.0 Å². The number of amides is 2. The third kappa shape index (κ3) is 3.55. The molecule has 0 saturated heterocycles. The molecular weight excluding hydrogens is 320 g/mol. The van der Waals surface area contributed by atoms with E-state index in [1.807, 2.05) is 49.6 Å². The molecule has 2 aromatic heterocycles. The smallest absolute Gasteiger partial charge is 0.287 e. The number of nitrogens with one attached hydrogen (secondary N) is 2. The summed E-state index contributed by atoms with van der Waals surface area (Å²) in [7, 11) is 0. The van der Waals surface area contributed by atoms with E-state index < -0.39 is 5.91 Å². The molecule has 0 radical (unpaired) electrons. The van der Waals surface area contributed by atoms with Gasteiger partial charge in [-0.2, -0.15) is 0 Å². The van der Waals surface area contributed by atoms with Crippen molar-refractivity contribution in [3.05, 3.63) is 48.4 Å². The molecule has 3 rings (SSSR count). The van der Waals surface area contributed by atoms with Crippen molar-refractivity contribution in [2.45, 2.75) is 26.3 Å². The van der Waals surface area contributed by atoms with Crippen LogP contribution in [0, 0.1) is 0 Å². The Labute approximate surface area is 145 Å². The minimum absolute atomic E-state index is 0.162. The number of benzene rings is 1. The van der Waals surface area contributed by atoms with E-state index in [2.05, 4.69) is 15.6 Å². The lowest BCUT2D eigenvalue weighted by Gasteiger charge is -2.24. The zero-order chi connectivity index (χ0) is 18.0.